The van der Waals surface area contributed by atoms with Crippen molar-refractivity contribution in [1.29, 1.82) is 0 Å². The van der Waals surface area contributed by atoms with Crippen molar-refractivity contribution in [2.24, 2.45) is 7.05 Å². The Kier molecular flexibility index (Phi) is 6.90. The van der Waals surface area contributed by atoms with E-state index < -0.39 is 10.0 Å². The maximum absolute atomic E-state index is 12.6. The van der Waals surface area contributed by atoms with Gasteiger partial charge < -0.3 is 10.1 Å². The van der Waals surface area contributed by atoms with Gasteiger partial charge in [-0.05, 0) is 61.9 Å². The smallest absolute Gasteiger partial charge is 0.243 e. The normalized spacial score (nSPS) is 14.6. The van der Waals surface area contributed by atoms with Crippen LogP contribution in [0, 0.1) is 13.8 Å². The number of nitrogens with one attached hydrogen (secondary N) is 1. The number of benzene rings is 1. The lowest BCUT2D eigenvalue weighted by Gasteiger charge is -2.15. The third kappa shape index (κ3) is 4.65. The maximum Gasteiger partial charge on any atom is 0.243 e. The van der Waals surface area contributed by atoms with E-state index in [1.165, 1.54) is 4.31 Å². The Morgan fingerprint density at radius 3 is 2.47 bits per heavy atom. The molecule has 1 aromatic carbocycles. The summed E-state index contributed by atoms with van der Waals surface area (Å²) in [6, 6.07) is 6.74. The van der Waals surface area contributed by atoms with E-state index in [-0.39, 0.29) is 5.91 Å². The topological polar surface area (TPSA) is 106 Å². The van der Waals surface area contributed by atoms with Gasteiger partial charge in [0.15, 0.2) is 5.65 Å². The second-order valence-corrected chi connectivity index (χ2v) is 10.6. The Morgan fingerprint density at radius 2 is 1.82 bits per heavy atom. The minimum absolute atomic E-state index is 0.0780. The molecule has 1 fully saturated rings. The SMILES string of the molecule is COc1nn(C)c2nc(C)c(CCC(=O)NCc3ccc(S(=O)(=O)N4CCCC4)cc3)c(C)c12. The zero-order chi connectivity index (χ0) is 24.5. The molecule has 1 N–H and O–H groups in total. The number of nitrogens with zero attached hydrogens (tertiary/aromatic N) is 4. The molecule has 10 heteroatoms. The molecule has 3 heterocycles. The fraction of sp³-hybridized carbons (Fsp3) is 0.458. The largest absolute Gasteiger partial charge is 0.479 e. The minimum atomic E-state index is -3.43. The van der Waals surface area contributed by atoms with E-state index in [0.29, 0.717) is 43.3 Å². The van der Waals surface area contributed by atoms with E-state index in [1.807, 2.05) is 20.9 Å². The molecule has 0 bridgehead atoms. The van der Waals surface area contributed by atoms with Gasteiger partial charge >= 0.3 is 0 Å². The van der Waals surface area contributed by atoms with Crippen LogP contribution >= 0.6 is 0 Å². The van der Waals surface area contributed by atoms with E-state index in [0.717, 1.165) is 46.3 Å². The highest BCUT2D eigenvalue weighted by Gasteiger charge is 2.27. The Bertz CT molecular complexity index is 1310. The van der Waals surface area contributed by atoms with Crippen LogP contribution in [0.1, 0.15) is 41.6 Å². The van der Waals surface area contributed by atoms with Gasteiger partial charge in [0.25, 0.3) is 0 Å². The molecule has 182 valence electrons. The molecule has 0 atom stereocenters. The van der Waals surface area contributed by atoms with Crippen molar-refractivity contribution in [2.45, 2.75) is 51.0 Å². The second kappa shape index (κ2) is 9.71. The van der Waals surface area contributed by atoms with E-state index in [9.17, 15) is 13.2 Å². The van der Waals surface area contributed by atoms with Crippen molar-refractivity contribution < 1.29 is 17.9 Å². The first-order valence-corrected chi connectivity index (χ1v) is 12.9. The average molecular weight is 486 g/mol. The average Bonchev–Trinajstić information content (AvgIpc) is 3.47. The van der Waals surface area contributed by atoms with Gasteiger partial charge in [-0.25, -0.2) is 18.1 Å². The molecular formula is C24H31N5O4S. The van der Waals surface area contributed by atoms with Crippen molar-refractivity contribution in [2.75, 3.05) is 20.2 Å². The van der Waals surface area contributed by atoms with Gasteiger partial charge in [-0.15, -0.1) is 5.10 Å². The summed E-state index contributed by atoms with van der Waals surface area (Å²) in [5.74, 6) is 0.453. The van der Waals surface area contributed by atoms with Crippen molar-refractivity contribution >= 4 is 27.0 Å². The fourth-order valence-electron chi connectivity index (χ4n) is 4.49. The van der Waals surface area contributed by atoms with E-state index in [1.54, 1.807) is 36.1 Å². The Morgan fingerprint density at radius 1 is 1.15 bits per heavy atom. The van der Waals surface area contributed by atoms with Crippen LogP contribution in [0.4, 0.5) is 0 Å². The van der Waals surface area contributed by atoms with Crippen LogP contribution in [0.2, 0.25) is 0 Å². The van der Waals surface area contributed by atoms with Gasteiger partial charge in [0.05, 0.1) is 17.4 Å². The molecule has 0 saturated carbocycles. The summed E-state index contributed by atoms with van der Waals surface area (Å²) in [6.07, 6.45) is 2.68. The van der Waals surface area contributed by atoms with Gasteiger partial charge in [0, 0.05) is 38.8 Å². The summed E-state index contributed by atoms with van der Waals surface area (Å²) in [5, 5.41) is 8.16. The third-order valence-corrected chi connectivity index (χ3v) is 8.35. The molecule has 0 aliphatic carbocycles. The summed E-state index contributed by atoms with van der Waals surface area (Å²) in [5.41, 5.74) is 4.53. The first kappa shape index (κ1) is 24.2. The van der Waals surface area contributed by atoms with Crippen LogP contribution in [0.15, 0.2) is 29.2 Å². The molecule has 34 heavy (non-hydrogen) atoms. The van der Waals surface area contributed by atoms with Gasteiger partial charge in [-0.3, -0.25) is 4.79 Å². The predicted octanol–water partition coefficient (Wildman–Crippen LogP) is 2.63. The first-order valence-electron chi connectivity index (χ1n) is 11.4. The van der Waals surface area contributed by atoms with Crippen LogP contribution in [0.25, 0.3) is 11.0 Å². The summed E-state index contributed by atoms with van der Waals surface area (Å²) in [7, 11) is -0.0109. The van der Waals surface area contributed by atoms with Crippen LogP contribution in [0.3, 0.4) is 0 Å². The number of carbonyl (C=O) groups is 1. The Hall–Kier alpha value is -2.98. The molecule has 1 amide bonds. The molecule has 4 rings (SSSR count). The molecule has 2 aromatic heterocycles. The molecule has 1 aliphatic rings. The summed E-state index contributed by atoms with van der Waals surface area (Å²) in [6.45, 7) is 5.45. The zero-order valence-electron chi connectivity index (χ0n) is 20.1. The predicted molar refractivity (Wildman–Crippen MR) is 129 cm³/mol. The lowest BCUT2D eigenvalue weighted by Crippen LogP contribution is -2.28. The number of fused-ring (bicyclic) bond motifs is 1. The fourth-order valence-corrected chi connectivity index (χ4v) is 6.01. The molecule has 1 saturated heterocycles. The quantitative estimate of drug-likeness (QED) is 0.526. The van der Waals surface area contributed by atoms with E-state index in [4.69, 9.17) is 4.74 Å². The van der Waals surface area contributed by atoms with Crippen molar-refractivity contribution in [3.8, 4) is 5.88 Å². The second-order valence-electron chi connectivity index (χ2n) is 8.66. The van der Waals surface area contributed by atoms with Crippen LogP contribution < -0.4 is 10.1 Å². The number of aromatic nitrogens is 3. The van der Waals surface area contributed by atoms with Gasteiger partial charge in [-0.2, -0.15) is 4.31 Å². The van der Waals surface area contributed by atoms with Crippen LogP contribution in [-0.2, 0) is 34.8 Å². The number of amides is 1. The molecule has 0 unspecified atom stereocenters. The molecule has 0 spiro atoms. The van der Waals surface area contributed by atoms with Crippen molar-refractivity contribution in [1.82, 2.24) is 24.4 Å². The van der Waals surface area contributed by atoms with Crippen LogP contribution in [0.5, 0.6) is 5.88 Å². The summed E-state index contributed by atoms with van der Waals surface area (Å²) < 4.78 is 33.9. The number of hydrogen-bond acceptors (Lipinski definition) is 6. The number of aryl methyl sites for hydroxylation is 3. The molecular weight excluding hydrogens is 454 g/mol. The number of ether oxygens (including phenoxy) is 1. The minimum Gasteiger partial charge on any atom is -0.479 e. The highest BCUT2D eigenvalue weighted by Crippen LogP contribution is 2.30. The number of methoxy groups -OCH3 is 1. The Labute approximate surface area is 200 Å². The summed E-state index contributed by atoms with van der Waals surface area (Å²) in [4.78, 5) is 17.5. The molecule has 0 radical (unpaired) electrons. The van der Waals surface area contributed by atoms with Gasteiger partial charge in [0.2, 0.25) is 21.8 Å². The standard InChI is InChI=1S/C24H31N5O4S/c1-16-20(17(2)26-23-22(16)24(33-4)27-28(23)3)11-12-21(30)25-15-18-7-9-19(10-8-18)34(31,32)29-13-5-6-14-29/h7-10H,5-6,11-15H2,1-4H3,(H,25,30). The Balaban J connectivity index is 1.37. The lowest BCUT2D eigenvalue weighted by atomic mass is 10.00. The van der Waals surface area contributed by atoms with Crippen molar-refractivity contribution in [3.05, 3.63) is 46.6 Å². The lowest BCUT2D eigenvalue weighted by molar-refractivity contribution is -0.121. The molecule has 3 aromatic rings. The number of hydrogen-bond donors (Lipinski definition) is 1. The van der Waals surface area contributed by atoms with E-state index in [2.05, 4.69) is 15.4 Å². The summed E-state index contributed by atoms with van der Waals surface area (Å²) >= 11 is 0. The van der Waals surface area contributed by atoms with Gasteiger partial charge in [0.1, 0.15) is 0 Å². The highest BCUT2D eigenvalue weighted by molar-refractivity contribution is 7.89. The van der Waals surface area contributed by atoms with Gasteiger partial charge in [-0.1, -0.05) is 12.1 Å². The van der Waals surface area contributed by atoms with Crippen molar-refractivity contribution in [3.63, 3.8) is 0 Å². The number of carbonyl (C=O) groups excluding carboxylic acids is 1. The number of rotatable bonds is 8. The zero-order valence-corrected chi connectivity index (χ0v) is 20.9. The highest BCUT2D eigenvalue weighted by atomic mass is 32.2. The first-order chi connectivity index (χ1) is 16.2. The van der Waals surface area contributed by atoms with E-state index >= 15 is 0 Å². The molecule has 1 aliphatic heterocycles. The maximum atomic E-state index is 12.6. The third-order valence-electron chi connectivity index (χ3n) is 6.43. The number of sulfonamides is 1. The monoisotopic (exact) mass is 485 g/mol. The molecule has 9 nitrogen and oxygen atoms in total. The number of pyridine rings is 1. The van der Waals surface area contributed by atoms with Crippen LogP contribution in [-0.4, -0.2) is 53.6 Å².